The number of hydrogen-bond donors (Lipinski definition) is 1. The van der Waals surface area contributed by atoms with Gasteiger partial charge in [-0.15, -0.1) is 0 Å². The van der Waals surface area contributed by atoms with Crippen molar-refractivity contribution in [2.75, 3.05) is 0 Å². The highest BCUT2D eigenvalue weighted by atomic mass is 16.4. The average molecular weight is 232 g/mol. The van der Waals surface area contributed by atoms with Crippen LogP contribution in [0, 0.1) is 0 Å². The van der Waals surface area contributed by atoms with Crippen LogP contribution in [0.5, 0.6) is 0 Å². The number of benzene rings is 1. The summed E-state index contributed by atoms with van der Waals surface area (Å²) in [5.41, 5.74) is 5.03. The summed E-state index contributed by atoms with van der Waals surface area (Å²) in [5, 5.41) is 9.28. The smallest absolute Gasteiger partial charge is 0.310 e. The number of aliphatic carboxylic acids is 1. The Hall–Kier alpha value is -1.31. The number of carboxylic acids is 1. The summed E-state index contributed by atoms with van der Waals surface area (Å²) in [4.78, 5) is 11.3. The molecule has 1 aromatic carbocycles. The molecule has 1 atom stereocenters. The van der Waals surface area contributed by atoms with Crippen LogP contribution in [0.3, 0.4) is 0 Å². The van der Waals surface area contributed by atoms with E-state index in [1.165, 1.54) is 16.7 Å². The second kappa shape index (κ2) is 4.91. The zero-order valence-electron chi connectivity index (χ0n) is 10.6. The Morgan fingerprint density at radius 1 is 1.29 bits per heavy atom. The highest BCUT2D eigenvalue weighted by molar-refractivity contribution is 5.77. The Bertz CT molecular complexity index is 435. The third-order valence-corrected chi connectivity index (χ3v) is 3.84. The van der Waals surface area contributed by atoms with E-state index in [0.29, 0.717) is 0 Å². The fourth-order valence-corrected chi connectivity index (χ4v) is 2.87. The first-order valence-corrected chi connectivity index (χ1v) is 6.54. The molecule has 0 aromatic heterocycles. The molecule has 1 aromatic rings. The molecular formula is C15H20O2. The molecule has 2 heteroatoms. The van der Waals surface area contributed by atoms with Crippen LogP contribution in [0.1, 0.15) is 54.9 Å². The van der Waals surface area contributed by atoms with Crippen molar-refractivity contribution in [1.82, 2.24) is 0 Å². The van der Waals surface area contributed by atoms with Crippen molar-refractivity contribution >= 4 is 5.97 Å². The van der Waals surface area contributed by atoms with Crippen LogP contribution in [0.4, 0.5) is 0 Å². The predicted octanol–water partition coefficient (Wildman–Crippen LogP) is 3.32. The van der Waals surface area contributed by atoms with Gasteiger partial charge in [-0.3, -0.25) is 4.79 Å². The topological polar surface area (TPSA) is 37.3 Å². The van der Waals surface area contributed by atoms with Gasteiger partial charge in [0.1, 0.15) is 0 Å². The van der Waals surface area contributed by atoms with Crippen LogP contribution in [-0.4, -0.2) is 11.1 Å². The van der Waals surface area contributed by atoms with Gasteiger partial charge < -0.3 is 5.11 Å². The van der Waals surface area contributed by atoms with Crippen molar-refractivity contribution in [3.63, 3.8) is 0 Å². The summed E-state index contributed by atoms with van der Waals surface area (Å²) in [5.74, 6) is -0.952. The summed E-state index contributed by atoms with van der Waals surface area (Å²) in [7, 11) is 0. The Kier molecular flexibility index (Phi) is 3.51. The first kappa shape index (κ1) is 12.2. The van der Waals surface area contributed by atoms with Gasteiger partial charge in [-0.2, -0.15) is 0 Å². The van der Waals surface area contributed by atoms with Gasteiger partial charge in [-0.1, -0.05) is 26.0 Å². The molecule has 1 aliphatic carbocycles. The van der Waals surface area contributed by atoms with E-state index < -0.39 is 5.97 Å². The van der Waals surface area contributed by atoms with Crippen molar-refractivity contribution < 1.29 is 9.90 Å². The van der Waals surface area contributed by atoms with Crippen molar-refractivity contribution in [3.8, 4) is 0 Å². The van der Waals surface area contributed by atoms with Crippen molar-refractivity contribution in [3.05, 3.63) is 34.4 Å². The molecule has 0 aliphatic heterocycles. The fraction of sp³-hybridized carbons (Fsp3) is 0.533. The van der Waals surface area contributed by atoms with E-state index in [2.05, 4.69) is 26.0 Å². The number of fused-ring (bicyclic) bond motifs is 1. The molecular weight excluding hydrogens is 212 g/mol. The molecule has 0 saturated carbocycles. The van der Waals surface area contributed by atoms with Crippen molar-refractivity contribution in [2.45, 2.75) is 51.9 Å². The Morgan fingerprint density at radius 2 is 1.94 bits per heavy atom. The molecule has 2 nitrogen and oxygen atoms in total. The van der Waals surface area contributed by atoms with Crippen LogP contribution in [0.2, 0.25) is 0 Å². The predicted molar refractivity (Wildman–Crippen MR) is 68.5 cm³/mol. The number of carbonyl (C=O) groups is 1. The van der Waals surface area contributed by atoms with Gasteiger partial charge in [-0.05, 0) is 54.4 Å². The van der Waals surface area contributed by atoms with Crippen LogP contribution in [0.15, 0.2) is 12.1 Å². The van der Waals surface area contributed by atoms with E-state index >= 15 is 0 Å². The standard InChI is InChI=1S/C15H20O2/c1-3-10-8-12-6-5-7-13(15(16)17)14(12)9-11(10)4-2/h8-9,13H,3-7H2,1-2H3,(H,16,17). The Balaban J connectivity index is 2.50. The molecule has 0 radical (unpaired) electrons. The average Bonchev–Trinajstić information content (AvgIpc) is 2.35. The highest BCUT2D eigenvalue weighted by Gasteiger charge is 2.26. The van der Waals surface area contributed by atoms with Gasteiger partial charge in [-0.25, -0.2) is 0 Å². The van der Waals surface area contributed by atoms with E-state index in [-0.39, 0.29) is 5.92 Å². The third-order valence-electron chi connectivity index (χ3n) is 3.84. The lowest BCUT2D eigenvalue weighted by molar-refractivity contribution is -0.139. The van der Waals surface area contributed by atoms with Gasteiger partial charge >= 0.3 is 5.97 Å². The molecule has 0 saturated heterocycles. The lowest BCUT2D eigenvalue weighted by atomic mass is 9.80. The molecule has 1 N–H and O–H groups in total. The second-order valence-corrected chi connectivity index (χ2v) is 4.81. The lowest BCUT2D eigenvalue weighted by Crippen LogP contribution is -2.18. The minimum Gasteiger partial charge on any atom is -0.481 e. The summed E-state index contributed by atoms with van der Waals surface area (Å²) in [6.45, 7) is 4.30. The third kappa shape index (κ3) is 2.21. The summed E-state index contributed by atoms with van der Waals surface area (Å²) >= 11 is 0. The van der Waals surface area contributed by atoms with Gasteiger partial charge in [0.2, 0.25) is 0 Å². The van der Waals surface area contributed by atoms with E-state index in [4.69, 9.17) is 0 Å². The highest BCUT2D eigenvalue weighted by Crippen LogP contribution is 2.34. The Morgan fingerprint density at radius 3 is 2.53 bits per heavy atom. The number of carboxylic acid groups (broad SMARTS) is 1. The van der Waals surface area contributed by atoms with E-state index in [1.807, 2.05) is 0 Å². The first-order valence-electron chi connectivity index (χ1n) is 6.54. The maximum atomic E-state index is 11.3. The zero-order valence-corrected chi connectivity index (χ0v) is 10.6. The second-order valence-electron chi connectivity index (χ2n) is 4.81. The fourth-order valence-electron chi connectivity index (χ4n) is 2.87. The van der Waals surface area contributed by atoms with E-state index in [9.17, 15) is 9.90 Å². The van der Waals surface area contributed by atoms with E-state index in [1.54, 1.807) is 0 Å². The molecule has 0 bridgehead atoms. The normalized spacial score (nSPS) is 18.8. The molecule has 0 heterocycles. The van der Waals surface area contributed by atoms with Crippen LogP contribution in [-0.2, 0) is 24.1 Å². The molecule has 1 unspecified atom stereocenters. The number of hydrogen-bond acceptors (Lipinski definition) is 1. The molecule has 0 spiro atoms. The monoisotopic (exact) mass is 232 g/mol. The molecule has 0 amide bonds. The maximum Gasteiger partial charge on any atom is 0.310 e. The zero-order chi connectivity index (χ0) is 12.4. The van der Waals surface area contributed by atoms with Crippen molar-refractivity contribution in [2.24, 2.45) is 0 Å². The minimum atomic E-state index is -0.669. The van der Waals surface area contributed by atoms with Gasteiger partial charge in [0.05, 0.1) is 5.92 Å². The van der Waals surface area contributed by atoms with Crippen LogP contribution >= 0.6 is 0 Å². The summed E-state index contributed by atoms with van der Waals surface area (Å²) < 4.78 is 0. The quantitative estimate of drug-likeness (QED) is 0.868. The molecule has 2 rings (SSSR count). The van der Waals surface area contributed by atoms with Gasteiger partial charge in [0.25, 0.3) is 0 Å². The van der Waals surface area contributed by atoms with Crippen LogP contribution < -0.4 is 0 Å². The minimum absolute atomic E-state index is 0.282. The maximum absolute atomic E-state index is 11.3. The molecule has 92 valence electrons. The number of rotatable bonds is 3. The number of aryl methyl sites for hydroxylation is 3. The first-order chi connectivity index (χ1) is 8.17. The SMILES string of the molecule is CCc1cc2c(cc1CC)C(C(=O)O)CCC2. The van der Waals surface area contributed by atoms with Crippen LogP contribution in [0.25, 0.3) is 0 Å². The summed E-state index contributed by atoms with van der Waals surface area (Å²) in [6.07, 6.45) is 4.85. The molecule has 1 aliphatic rings. The molecule has 0 fully saturated rings. The molecule has 17 heavy (non-hydrogen) atoms. The summed E-state index contributed by atoms with van der Waals surface area (Å²) in [6, 6.07) is 4.38. The van der Waals surface area contributed by atoms with E-state index in [0.717, 1.165) is 37.7 Å². The lowest BCUT2D eigenvalue weighted by Gasteiger charge is -2.24. The van der Waals surface area contributed by atoms with Crippen molar-refractivity contribution in [1.29, 1.82) is 0 Å². The largest absolute Gasteiger partial charge is 0.481 e. The van der Waals surface area contributed by atoms with Gasteiger partial charge in [0.15, 0.2) is 0 Å². The Labute approximate surface area is 103 Å². The van der Waals surface area contributed by atoms with Gasteiger partial charge in [0, 0.05) is 0 Å².